The second-order valence-corrected chi connectivity index (χ2v) is 6.75. The Morgan fingerprint density at radius 1 is 0.609 bits per heavy atom. The summed E-state index contributed by atoms with van der Waals surface area (Å²) < 4.78 is 5.66. The number of rotatable bonds is 17. The SMILES string of the molecule is CCCCCCCCCCOCCCCCCC.OCCCS. The van der Waals surface area contributed by atoms with Gasteiger partial charge in [0.25, 0.3) is 0 Å². The molecule has 0 aliphatic rings. The van der Waals surface area contributed by atoms with Crippen molar-refractivity contribution in [1.29, 1.82) is 0 Å². The van der Waals surface area contributed by atoms with E-state index in [1.165, 1.54) is 83.5 Å². The van der Waals surface area contributed by atoms with Crippen molar-refractivity contribution in [3.05, 3.63) is 0 Å². The molecule has 0 atom stereocenters. The minimum Gasteiger partial charge on any atom is -0.396 e. The van der Waals surface area contributed by atoms with Gasteiger partial charge in [-0.3, -0.25) is 0 Å². The summed E-state index contributed by atoms with van der Waals surface area (Å²) in [5.74, 6) is 0.788. The Hall–Kier alpha value is 0.270. The summed E-state index contributed by atoms with van der Waals surface area (Å²) in [6.45, 7) is 6.78. The van der Waals surface area contributed by atoms with Crippen LogP contribution in [0.4, 0.5) is 0 Å². The molecular weight excluding hydrogens is 304 g/mol. The zero-order valence-electron chi connectivity index (χ0n) is 16.0. The van der Waals surface area contributed by atoms with Crippen LogP contribution in [0.2, 0.25) is 0 Å². The van der Waals surface area contributed by atoms with E-state index in [9.17, 15) is 0 Å². The smallest absolute Gasteiger partial charge is 0.0466 e. The molecule has 0 unspecified atom stereocenters. The lowest BCUT2D eigenvalue weighted by molar-refractivity contribution is 0.125. The number of aliphatic hydroxyl groups is 1. The summed E-state index contributed by atoms with van der Waals surface area (Å²) in [5, 5.41) is 8.02. The van der Waals surface area contributed by atoms with Gasteiger partial charge >= 0.3 is 0 Å². The fourth-order valence-electron chi connectivity index (χ4n) is 2.32. The molecule has 0 rings (SSSR count). The number of aliphatic hydroxyl groups excluding tert-OH is 1. The Balaban J connectivity index is 0. The maximum absolute atomic E-state index is 8.02. The van der Waals surface area contributed by atoms with Crippen molar-refractivity contribution in [1.82, 2.24) is 0 Å². The summed E-state index contributed by atoms with van der Waals surface area (Å²) in [6, 6.07) is 0. The number of hydrogen-bond acceptors (Lipinski definition) is 3. The van der Waals surface area contributed by atoms with Gasteiger partial charge in [-0.15, -0.1) is 0 Å². The average Bonchev–Trinajstić information content (AvgIpc) is 2.56. The van der Waals surface area contributed by atoms with Crippen LogP contribution < -0.4 is 0 Å². The molecule has 23 heavy (non-hydrogen) atoms. The second kappa shape index (κ2) is 27.1. The summed E-state index contributed by atoms with van der Waals surface area (Å²) in [5.41, 5.74) is 0. The van der Waals surface area contributed by atoms with Crippen molar-refractivity contribution >= 4 is 12.6 Å². The van der Waals surface area contributed by atoms with E-state index in [1.807, 2.05) is 0 Å². The van der Waals surface area contributed by atoms with Crippen LogP contribution in [0.5, 0.6) is 0 Å². The van der Waals surface area contributed by atoms with Crippen LogP contribution in [0.15, 0.2) is 0 Å². The monoisotopic (exact) mass is 348 g/mol. The quantitative estimate of drug-likeness (QED) is 0.235. The molecule has 0 aliphatic heterocycles. The van der Waals surface area contributed by atoms with Crippen LogP contribution in [-0.4, -0.2) is 30.7 Å². The molecule has 0 aromatic rings. The molecule has 0 aliphatic carbocycles. The molecule has 0 heterocycles. The highest BCUT2D eigenvalue weighted by Gasteiger charge is 1.93. The van der Waals surface area contributed by atoms with Gasteiger partial charge in [0.15, 0.2) is 0 Å². The van der Waals surface area contributed by atoms with Crippen molar-refractivity contribution in [3.63, 3.8) is 0 Å². The molecule has 142 valence electrons. The average molecular weight is 349 g/mol. The number of ether oxygens (including phenoxy) is 1. The first-order valence-electron chi connectivity index (χ1n) is 10.1. The van der Waals surface area contributed by atoms with Crippen molar-refractivity contribution in [2.75, 3.05) is 25.6 Å². The van der Waals surface area contributed by atoms with Crippen molar-refractivity contribution in [2.24, 2.45) is 0 Å². The van der Waals surface area contributed by atoms with E-state index in [-0.39, 0.29) is 6.61 Å². The van der Waals surface area contributed by atoms with E-state index in [1.54, 1.807) is 0 Å². The largest absolute Gasteiger partial charge is 0.396 e. The van der Waals surface area contributed by atoms with Gasteiger partial charge in [0.05, 0.1) is 0 Å². The summed E-state index contributed by atoms with van der Waals surface area (Å²) in [4.78, 5) is 0. The molecule has 0 amide bonds. The molecule has 0 aromatic heterocycles. The molecule has 1 N–H and O–H groups in total. The highest BCUT2D eigenvalue weighted by Crippen LogP contribution is 2.08. The molecule has 0 saturated carbocycles. The van der Waals surface area contributed by atoms with Gasteiger partial charge in [-0.2, -0.15) is 12.6 Å². The molecule has 0 radical (unpaired) electrons. The number of hydrogen-bond donors (Lipinski definition) is 2. The van der Waals surface area contributed by atoms with E-state index in [0.29, 0.717) is 0 Å². The van der Waals surface area contributed by atoms with E-state index < -0.39 is 0 Å². The lowest BCUT2D eigenvalue weighted by Crippen LogP contribution is -1.97. The van der Waals surface area contributed by atoms with Gasteiger partial charge in [0, 0.05) is 19.8 Å². The predicted octanol–water partition coefficient (Wildman–Crippen LogP) is 6.41. The summed E-state index contributed by atoms with van der Waals surface area (Å²) in [6.07, 6.45) is 18.6. The number of unbranched alkanes of at least 4 members (excludes halogenated alkanes) is 11. The molecule has 2 nitrogen and oxygen atoms in total. The maximum atomic E-state index is 8.02. The highest BCUT2D eigenvalue weighted by atomic mass is 32.1. The van der Waals surface area contributed by atoms with Crippen LogP contribution in [-0.2, 0) is 4.74 Å². The molecule has 0 bridgehead atoms. The predicted molar refractivity (Wildman–Crippen MR) is 108 cm³/mol. The van der Waals surface area contributed by atoms with Crippen LogP contribution in [0.25, 0.3) is 0 Å². The van der Waals surface area contributed by atoms with Crippen LogP contribution in [0.1, 0.15) is 104 Å². The minimum atomic E-state index is 0.267. The second-order valence-electron chi connectivity index (χ2n) is 6.30. The summed E-state index contributed by atoms with van der Waals surface area (Å²) >= 11 is 3.84. The van der Waals surface area contributed by atoms with E-state index in [2.05, 4.69) is 26.5 Å². The third-order valence-electron chi connectivity index (χ3n) is 3.85. The Morgan fingerprint density at radius 3 is 1.30 bits per heavy atom. The molecule has 0 spiro atoms. The van der Waals surface area contributed by atoms with Gasteiger partial charge in [-0.05, 0) is 25.0 Å². The van der Waals surface area contributed by atoms with Crippen molar-refractivity contribution in [2.45, 2.75) is 104 Å². The number of thiol groups is 1. The molecule has 0 fully saturated rings. The van der Waals surface area contributed by atoms with Crippen molar-refractivity contribution < 1.29 is 9.84 Å². The summed E-state index contributed by atoms with van der Waals surface area (Å²) in [7, 11) is 0. The standard InChI is InChI=1S/C17H36O.C3H8OS/c1-3-5-7-9-10-11-13-15-17-18-16-14-12-8-6-4-2;4-2-1-3-5/h3-17H2,1-2H3;4-5H,1-3H2. The zero-order valence-corrected chi connectivity index (χ0v) is 16.9. The fraction of sp³-hybridized carbons (Fsp3) is 1.00. The normalized spacial score (nSPS) is 10.4. The Bertz CT molecular complexity index is 159. The Kier molecular flexibility index (Phi) is 30.1. The van der Waals surface area contributed by atoms with Crippen LogP contribution in [0.3, 0.4) is 0 Å². The van der Waals surface area contributed by atoms with Crippen molar-refractivity contribution in [3.8, 4) is 0 Å². The van der Waals surface area contributed by atoms with Crippen LogP contribution in [0, 0.1) is 0 Å². The van der Waals surface area contributed by atoms with Gasteiger partial charge in [-0.25, -0.2) is 0 Å². The first kappa shape index (κ1) is 25.5. The highest BCUT2D eigenvalue weighted by molar-refractivity contribution is 7.80. The fourth-order valence-corrected chi connectivity index (χ4v) is 2.46. The van der Waals surface area contributed by atoms with E-state index in [0.717, 1.165) is 25.4 Å². The molecule has 0 saturated heterocycles. The van der Waals surface area contributed by atoms with E-state index in [4.69, 9.17) is 9.84 Å². The van der Waals surface area contributed by atoms with Gasteiger partial charge in [0.2, 0.25) is 0 Å². The van der Waals surface area contributed by atoms with Crippen LogP contribution >= 0.6 is 12.6 Å². The Labute approximate surface area is 152 Å². The Morgan fingerprint density at radius 2 is 1.00 bits per heavy atom. The minimum absolute atomic E-state index is 0.267. The van der Waals surface area contributed by atoms with Gasteiger partial charge in [-0.1, -0.05) is 84.5 Å². The topological polar surface area (TPSA) is 29.5 Å². The van der Waals surface area contributed by atoms with Gasteiger partial charge < -0.3 is 9.84 Å². The molecule has 3 heteroatoms. The molecule has 0 aromatic carbocycles. The maximum Gasteiger partial charge on any atom is 0.0466 e. The van der Waals surface area contributed by atoms with Gasteiger partial charge in [0.1, 0.15) is 0 Å². The molecular formula is C20H44O2S. The van der Waals surface area contributed by atoms with E-state index >= 15 is 0 Å². The third-order valence-corrected chi connectivity index (χ3v) is 4.17. The first-order valence-corrected chi connectivity index (χ1v) is 10.8. The lowest BCUT2D eigenvalue weighted by atomic mass is 10.1. The first-order chi connectivity index (χ1) is 11.3. The third kappa shape index (κ3) is 30.7. The zero-order chi connectivity index (χ0) is 17.4. The lowest BCUT2D eigenvalue weighted by Gasteiger charge is -2.04.